The van der Waals surface area contributed by atoms with Crippen molar-refractivity contribution in [3.8, 4) is 0 Å². The lowest BCUT2D eigenvalue weighted by atomic mass is 10.2. The highest BCUT2D eigenvalue weighted by atomic mass is 32.2. The summed E-state index contributed by atoms with van der Waals surface area (Å²) in [7, 11) is 0. The van der Waals surface area contributed by atoms with Crippen LogP contribution in [0.25, 0.3) is 0 Å². The second-order valence-electron chi connectivity index (χ2n) is 4.12. The van der Waals surface area contributed by atoms with Crippen molar-refractivity contribution >= 4 is 40.5 Å². The van der Waals surface area contributed by atoms with Gasteiger partial charge in [-0.05, 0) is 29.8 Å². The zero-order valence-electron chi connectivity index (χ0n) is 11.5. The lowest BCUT2D eigenvalue weighted by molar-refractivity contribution is -0.387. The van der Waals surface area contributed by atoms with Crippen molar-refractivity contribution in [2.45, 2.75) is 4.90 Å². The van der Waals surface area contributed by atoms with Crippen molar-refractivity contribution in [2.24, 2.45) is 0 Å². The van der Waals surface area contributed by atoms with Crippen molar-refractivity contribution in [1.82, 2.24) is 0 Å². The van der Waals surface area contributed by atoms with E-state index < -0.39 is 17.5 Å². The Morgan fingerprint density at radius 2 is 2.14 bits per heavy atom. The number of esters is 1. The van der Waals surface area contributed by atoms with Crippen LogP contribution in [0.15, 0.2) is 40.6 Å². The highest BCUT2D eigenvalue weighted by Gasteiger charge is 2.19. The minimum Gasteiger partial charge on any atom is -0.454 e. The third-order valence-electron chi connectivity index (χ3n) is 2.74. The van der Waals surface area contributed by atoms with Crippen molar-refractivity contribution in [3.05, 3.63) is 56.3 Å². The van der Waals surface area contributed by atoms with Gasteiger partial charge in [0.1, 0.15) is 0 Å². The van der Waals surface area contributed by atoms with E-state index in [0.717, 1.165) is 6.07 Å². The fourth-order valence-electron chi connectivity index (χ4n) is 1.68. The number of hydrogen-bond acceptors (Lipinski definition) is 7. The number of ketones is 1. The highest BCUT2D eigenvalue weighted by molar-refractivity contribution is 7.98. The van der Waals surface area contributed by atoms with E-state index in [1.54, 1.807) is 23.8 Å². The molecule has 0 atom stereocenters. The molecule has 1 aromatic heterocycles. The first-order valence-corrected chi connectivity index (χ1v) is 8.19. The number of nitro groups is 1. The Morgan fingerprint density at radius 1 is 1.36 bits per heavy atom. The molecule has 1 heterocycles. The first-order valence-electron chi connectivity index (χ1n) is 6.09. The Kier molecular flexibility index (Phi) is 5.29. The van der Waals surface area contributed by atoms with E-state index >= 15 is 0 Å². The van der Waals surface area contributed by atoms with E-state index in [1.807, 2.05) is 0 Å². The maximum absolute atomic E-state index is 11.9. The predicted octanol–water partition coefficient (Wildman–Crippen LogP) is 3.42. The van der Waals surface area contributed by atoms with Crippen molar-refractivity contribution in [3.63, 3.8) is 0 Å². The number of carbonyl (C=O) groups is 2. The Bertz CT molecular complexity index is 712. The summed E-state index contributed by atoms with van der Waals surface area (Å²) >= 11 is 2.47. The number of rotatable bonds is 6. The zero-order valence-corrected chi connectivity index (χ0v) is 13.1. The molecule has 2 rings (SSSR count). The number of ether oxygens (including phenoxy) is 1. The summed E-state index contributed by atoms with van der Waals surface area (Å²) in [6, 6.07) is 7.45. The summed E-state index contributed by atoms with van der Waals surface area (Å²) in [5.74, 6) is -1.07. The molecule has 2 aromatic rings. The molecule has 0 aliphatic heterocycles. The quantitative estimate of drug-likeness (QED) is 0.264. The summed E-state index contributed by atoms with van der Waals surface area (Å²) in [5.41, 5.74) is -0.116. The third kappa shape index (κ3) is 3.71. The number of benzene rings is 1. The third-order valence-corrected chi connectivity index (χ3v) is 4.44. The molecule has 8 heteroatoms. The zero-order chi connectivity index (χ0) is 16.1. The van der Waals surface area contributed by atoms with Gasteiger partial charge in [0.2, 0.25) is 5.78 Å². The normalized spacial score (nSPS) is 10.2. The van der Waals surface area contributed by atoms with E-state index in [-0.39, 0.29) is 17.0 Å². The number of nitrogens with zero attached hydrogens (tertiary/aromatic N) is 1. The Labute approximate surface area is 134 Å². The SMILES string of the molecule is CSc1ccc(C(=O)OCC(=O)c2cccs2)cc1[N+](=O)[O-]. The highest BCUT2D eigenvalue weighted by Crippen LogP contribution is 2.28. The van der Waals surface area contributed by atoms with Crippen LogP contribution in [0.4, 0.5) is 5.69 Å². The van der Waals surface area contributed by atoms with Gasteiger partial charge in [0.25, 0.3) is 5.69 Å². The number of thiophene rings is 1. The lowest BCUT2D eigenvalue weighted by Crippen LogP contribution is -2.13. The lowest BCUT2D eigenvalue weighted by Gasteiger charge is -2.05. The van der Waals surface area contributed by atoms with Crippen LogP contribution in [0.1, 0.15) is 20.0 Å². The standard InChI is InChI=1S/C14H11NO5S2/c1-21-12-5-4-9(7-10(12)15(18)19)14(17)20-8-11(16)13-3-2-6-22-13/h2-7H,8H2,1H3. The second-order valence-corrected chi connectivity index (χ2v) is 5.92. The van der Waals surface area contributed by atoms with Gasteiger partial charge in [-0.1, -0.05) is 6.07 Å². The van der Waals surface area contributed by atoms with E-state index in [2.05, 4.69) is 0 Å². The molecule has 1 aromatic carbocycles. The molecule has 0 aliphatic carbocycles. The molecule has 0 unspecified atom stereocenters. The molecule has 0 N–H and O–H groups in total. The van der Waals surface area contributed by atoms with E-state index in [0.29, 0.717) is 9.77 Å². The molecule has 114 valence electrons. The average molecular weight is 337 g/mol. The molecule has 0 aliphatic rings. The van der Waals surface area contributed by atoms with E-state index in [4.69, 9.17) is 4.74 Å². The minimum atomic E-state index is -0.763. The van der Waals surface area contributed by atoms with Gasteiger partial charge in [0, 0.05) is 6.07 Å². The van der Waals surface area contributed by atoms with E-state index in [1.165, 1.54) is 35.2 Å². The summed E-state index contributed by atoms with van der Waals surface area (Å²) in [5, 5.41) is 12.7. The van der Waals surface area contributed by atoms with Crippen LogP contribution in [0.2, 0.25) is 0 Å². The maximum Gasteiger partial charge on any atom is 0.338 e. The monoisotopic (exact) mass is 337 g/mol. The van der Waals surface area contributed by atoms with Crippen LogP contribution in [0, 0.1) is 10.1 Å². The van der Waals surface area contributed by atoms with Gasteiger partial charge >= 0.3 is 5.97 Å². The topological polar surface area (TPSA) is 86.5 Å². The molecule has 22 heavy (non-hydrogen) atoms. The van der Waals surface area contributed by atoms with Crippen LogP contribution in [-0.4, -0.2) is 29.5 Å². The van der Waals surface area contributed by atoms with Crippen molar-refractivity contribution in [2.75, 3.05) is 12.9 Å². The number of hydrogen-bond donors (Lipinski definition) is 0. The van der Waals surface area contributed by atoms with Crippen LogP contribution in [0.3, 0.4) is 0 Å². The van der Waals surface area contributed by atoms with Crippen molar-refractivity contribution in [1.29, 1.82) is 0 Å². The first kappa shape index (κ1) is 16.2. The minimum absolute atomic E-state index is 0.0449. The summed E-state index contributed by atoms with van der Waals surface area (Å²) < 4.78 is 4.91. The molecule has 0 bridgehead atoms. The van der Waals surface area contributed by atoms with Gasteiger partial charge < -0.3 is 4.74 Å². The largest absolute Gasteiger partial charge is 0.454 e. The molecule has 0 spiro atoms. The molecule has 6 nitrogen and oxygen atoms in total. The number of nitro benzene ring substituents is 1. The van der Waals surface area contributed by atoms with Gasteiger partial charge in [-0.2, -0.15) is 0 Å². The maximum atomic E-state index is 11.9. The molecule has 0 fully saturated rings. The molecule has 0 radical (unpaired) electrons. The smallest absolute Gasteiger partial charge is 0.338 e. The van der Waals surface area contributed by atoms with Crippen LogP contribution >= 0.6 is 23.1 Å². The van der Waals surface area contributed by atoms with Gasteiger partial charge in [0.05, 0.1) is 20.3 Å². The number of Topliss-reactive ketones (excluding diaryl/α,β-unsaturated/α-hetero) is 1. The van der Waals surface area contributed by atoms with E-state index in [9.17, 15) is 19.7 Å². The van der Waals surface area contributed by atoms with Crippen LogP contribution in [-0.2, 0) is 4.74 Å². The van der Waals surface area contributed by atoms with Crippen LogP contribution in [0.5, 0.6) is 0 Å². The molecular weight excluding hydrogens is 326 g/mol. The van der Waals surface area contributed by atoms with Crippen molar-refractivity contribution < 1.29 is 19.2 Å². The number of thioether (sulfide) groups is 1. The Hall–Kier alpha value is -2.19. The van der Waals surface area contributed by atoms with Gasteiger partial charge in [0.15, 0.2) is 6.61 Å². The average Bonchev–Trinajstić information content (AvgIpc) is 3.06. The Morgan fingerprint density at radius 3 is 2.73 bits per heavy atom. The van der Waals surface area contributed by atoms with Crippen LogP contribution < -0.4 is 0 Å². The van der Waals surface area contributed by atoms with Gasteiger partial charge in [-0.3, -0.25) is 14.9 Å². The summed E-state index contributed by atoms with van der Waals surface area (Å²) in [6.07, 6.45) is 1.71. The predicted molar refractivity (Wildman–Crippen MR) is 83.8 cm³/mol. The fraction of sp³-hybridized carbons (Fsp3) is 0.143. The molecule has 0 saturated heterocycles. The molecule has 0 amide bonds. The Balaban J connectivity index is 2.08. The first-order chi connectivity index (χ1) is 10.5. The fourth-order valence-corrected chi connectivity index (χ4v) is 2.88. The molecule has 0 saturated carbocycles. The molecular formula is C14H11NO5S2. The van der Waals surface area contributed by atoms with Gasteiger partial charge in [-0.15, -0.1) is 23.1 Å². The van der Waals surface area contributed by atoms with Gasteiger partial charge in [-0.25, -0.2) is 4.79 Å². The summed E-state index contributed by atoms with van der Waals surface area (Å²) in [4.78, 5) is 35.0. The number of carbonyl (C=O) groups excluding carboxylic acids is 2. The summed E-state index contributed by atoms with van der Waals surface area (Å²) in [6.45, 7) is -0.391. The second kappa shape index (κ2) is 7.19.